The third-order valence-electron chi connectivity index (χ3n) is 3.97. The van der Waals surface area contributed by atoms with Crippen LogP contribution in [0.25, 0.3) is 0 Å². The van der Waals surface area contributed by atoms with Gasteiger partial charge in [-0.2, -0.15) is 0 Å². The molecule has 0 aliphatic rings. The number of thioether (sulfide) groups is 1. The van der Waals surface area contributed by atoms with Crippen molar-refractivity contribution in [3.8, 4) is 5.75 Å². The molecule has 0 radical (unpaired) electrons. The van der Waals surface area contributed by atoms with Crippen molar-refractivity contribution >= 4 is 23.6 Å². The molecule has 2 amide bonds. The van der Waals surface area contributed by atoms with Gasteiger partial charge in [-0.25, -0.2) is 9.97 Å². The van der Waals surface area contributed by atoms with E-state index in [0.29, 0.717) is 17.1 Å². The Morgan fingerprint density at radius 1 is 0.933 bits per heavy atom. The minimum absolute atomic E-state index is 0.193. The van der Waals surface area contributed by atoms with E-state index >= 15 is 0 Å². The average Bonchev–Trinajstić information content (AvgIpc) is 2.75. The fourth-order valence-corrected chi connectivity index (χ4v) is 3.46. The summed E-state index contributed by atoms with van der Waals surface area (Å²) in [5.41, 5.74) is 8.08. The second-order valence-corrected chi connectivity index (χ2v) is 7.47. The van der Waals surface area contributed by atoms with Gasteiger partial charge in [-0.15, -0.1) is 0 Å². The number of nitrogens with zero attached hydrogens (tertiary/aromatic N) is 2. The van der Waals surface area contributed by atoms with Gasteiger partial charge in [-0.3, -0.25) is 20.4 Å². The molecule has 0 aliphatic heterocycles. The number of benzene rings is 2. The first-order chi connectivity index (χ1) is 14.5. The monoisotopic (exact) mass is 422 g/mol. The lowest BCUT2D eigenvalue weighted by Crippen LogP contribution is -2.43. The van der Waals surface area contributed by atoms with Crippen LogP contribution in [0.4, 0.5) is 0 Å². The van der Waals surface area contributed by atoms with Gasteiger partial charge in [0, 0.05) is 22.7 Å². The summed E-state index contributed by atoms with van der Waals surface area (Å²) in [6, 6.07) is 18.1. The molecule has 2 aromatic carbocycles. The van der Waals surface area contributed by atoms with E-state index in [2.05, 4.69) is 20.8 Å². The quantitative estimate of drug-likeness (QED) is 0.345. The Kier molecular flexibility index (Phi) is 7.40. The molecule has 0 saturated carbocycles. The highest BCUT2D eigenvalue weighted by Gasteiger charge is 2.09. The highest BCUT2D eigenvalue weighted by atomic mass is 32.2. The fraction of sp³-hybridized carbons (Fsp3) is 0.182. The fourth-order valence-electron chi connectivity index (χ4n) is 2.56. The zero-order valence-corrected chi connectivity index (χ0v) is 17.5. The Labute approximate surface area is 179 Å². The molecular formula is C22H22N4O3S. The average molecular weight is 423 g/mol. The molecule has 0 saturated heterocycles. The second-order valence-electron chi connectivity index (χ2n) is 6.52. The van der Waals surface area contributed by atoms with Gasteiger partial charge in [0.15, 0.2) is 11.8 Å². The Morgan fingerprint density at radius 3 is 2.27 bits per heavy atom. The predicted molar refractivity (Wildman–Crippen MR) is 115 cm³/mol. The second kappa shape index (κ2) is 10.4. The van der Waals surface area contributed by atoms with Gasteiger partial charge in [-0.1, -0.05) is 42.1 Å². The van der Waals surface area contributed by atoms with Gasteiger partial charge in [0.05, 0.1) is 0 Å². The Morgan fingerprint density at radius 2 is 1.60 bits per heavy atom. The molecule has 1 aromatic heterocycles. The van der Waals surface area contributed by atoms with E-state index in [0.717, 1.165) is 22.1 Å². The summed E-state index contributed by atoms with van der Waals surface area (Å²) in [5.74, 6) is 0.422. The maximum absolute atomic E-state index is 12.2. The highest BCUT2D eigenvalue weighted by molar-refractivity contribution is 7.98. The minimum Gasteiger partial charge on any atom is -0.484 e. The lowest BCUT2D eigenvalue weighted by Gasteiger charge is -2.09. The van der Waals surface area contributed by atoms with Gasteiger partial charge in [0.1, 0.15) is 5.75 Å². The molecule has 3 aromatic rings. The van der Waals surface area contributed by atoms with Crippen LogP contribution in [0.5, 0.6) is 5.75 Å². The lowest BCUT2D eigenvalue weighted by atomic mass is 10.1. The molecule has 0 fully saturated rings. The van der Waals surface area contributed by atoms with E-state index in [1.165, 1.54) is 0 Å². The number of carbonyl (C=O) groups excluding carboxylic acids is 2. The van der Waals surface area contributed by atoms with Crippen LogP contribution in [0.2, 0.25) is 0 Å². The van der Waals surface area contributed by atoms with Gasteiger partial charge < -0.3 is 4.74 Å². The topological polar surface area (TPSA) is 93.2 Å². The van der Waals surface area contributed by atoms with Crippen LogP contribution in [-0.4, -0.2) is 28.4 Å². The summed E-state index contributed by atoms with van der Waals surface area (Å²) in [6.07, 6.45) is 0. The number of ether oxygens (including phenoxy) is 1. The SMILES string of the molecule is Cc1cc(C)nc(SCc2ccc(C(=O)NNC(=O)COc3ccccc3)cc2)n1. The van der Waals surface area contributed by atoms with Crippen LogP contribution in [-0.2, 0) is 10.5 Å². The Bertz CT molecular complexity index is 990. The van der Waals surface area contributed by atoms with Crippen molar-refractivity contribution < 1.29 is 14.3 Å². The number of nitrogens with one attached hydrogen (secondary N) is 2. The predicted octanol–water partition coefficient (Wildman–Crippen LogP) is 3.23. The maximum Gasteiger partial charge on any atom is 0.276 e. The summed E-state index contributed by atoms with van der Waals surface area (Å²) in [5, 5.41) is 0.731. The van der Waals surface area contributed by atoms with Gasteiger partial charge in [0.2, 0.25) is 0 Å². The number of hydrogen-bond donors (Lipinski definition) is 2. The van der Waals surface area contributed by atoms with Crippen LogP contribution >= 0.6 is 11.8 Å². The third kappa shape index (κ3) is 6.59. The zero-order chi connectivity index (χ0) is 21.3. The number of hydrogen-bond acceptors (Lipinski definition) is 6. The summed E-state index contributed by atoms with van der Waals surface area (Å²) in [7, 11) is 0. The molecule has 0 bridgehead atoms. The minimum atomic E-state index is -0.450. The third-order valence-corrected chi connectivity index (χ3v) is 4.89. The van der Waals surface area contributed by atoms with E-state index in [9.17, 15) is 9.59 Å². The summed E-state index contributed by atoms with van der Waals surface area (Å²) in [4.78, 5) is 32.8. The van der Waals surface area contributed by atoms with Crippen molar-refractivity contribution in [2.45, 2.75) is 24.8 Å². The molecule has 1 heterocycles. The van der Waals surface area contributed by atoms with Crippen molar-refractivity contribution in [1.82, 2.24) is 20.8 Å². The standard InChI is InChI=1S/C22H22N4O3S/c1-15-12-16(2)24-22(23-15)30-14-17-8-10-18(11-9-17)21(28)26-25-20(27)13-29-19-6-4-3-5-7-19/h3-12H,13-14H2,1-2H3,(H,25,27)(H,26,28). The number of amides is 2. The number of aryl methyl sites for hydroxylation is 2. The van der Waals surface area contributed by atoms with Crippen molar-refractivity contribution in [2.75, 3.05) is 6.61 Å². The van der Waals surface area contributed by atoms with E-state index in [1.807, 2.05) is 50.2 Å². The van der Waals surface area contributed by atoms with E-state index in [-0.39, 0.29) is 6.61 Å². The summed E-state index contributed by atoms with van der Waals surface area (Å²) in [6.45, 7) is 3.69. The summed E-state index contributed by atoms with van der Waals surface area (Å²) >= 11 is 1.54. The smallest absolute Gasteiger partial charge is 0.276 e. The molecule has 154 valence electrons. The van der Waals surface area contributed by atoms with Crippen molar-refractivity contribution in [2.24, 2.45) is 0 Å². The number of hydrazine groups is 1. The van der Waals surface area contributed by atoms with Crippen LogP contribution in [0.3, 0.4) is 0 Å². The van der Waals surface area contributed by atoms with Crippen LogP contribution in [0, 0.1) is 13.8 Å². The van der Waals surface area contributed by atoms with Crippen molar-refractivity contribution in [3.63, 3.8) is 0 Å². The van der Waals surface area contributed by atoms with Crippen molar-refractivity contribution in [3.05, 3.63) is 83.2 Å². The first-order valence-corrected chi connectivity index (χ1v) is 10.3. The Balaban J connectivity index is 1.44. The Hall–Kier alpha value is -3.39. The van der Waals surface area contributed by atoms with E-state index in [4.69, 9.17) is 4.74 Å². The zero-order valence-electron chi connectivity index (χ0n) is 16.7. The number of para-hydroxylation sites is 1. The highest BCUT2D eigenvalue weighted by Crippen LogP contribution is 2.20. The molecule has 30 heavy (non-hydrogen) atoms. The normalized spacial score (nSPS) is 10.3. The molecule has 7 nitrogen and oxygen atoms in total. The lowest BCUT2D eigenvalue weighted by molar-refractivity contribution is -0.123. The molecule has 0 atom stereocenters. The first kappa shape index (κ1) is 21.3. The molecule has 0 unspecified atom stereocenters. The molecular weight excluding hydrogens is 400 g/mol. The molecule has 0 aliphatic carbocycles. The first-order valence-electron chi connectivity index (χ1n) is 9.30. The van der Waals surface area contributed by atoms with Gasteiger partial charge in [-0.05, 0) is 49.7 Å². The van der Waals surface area contributed by atoms with Crippen LogP contribution < -0.4 is 15.6 Å². The van der Waals surface area contributed by atoms with Crippen LogP contribution in [0.1, 0.15) is 27.3 Å². The van der Waals surface area contributed by atoms with Crippen molar-refractivity contribution in [1.29, 1.82) is 0 Å². The molecule has 2 N–H and O–H groups in total. The number of aromatic nitrogens is 2. The van der Waals surface area contributed by atoms with Gasteiger partial charge in [0.25, 0.3) is 11.8 Å². The summed E-state index contributed by atoms with van der Waals surface area (Å²) < 4.78 is 5.32. The maximum atomic E-state index is 12.2. The molecule has 3 rings (SSSR count). The molecule has 8 heteroatoms. The van der Waals surface area contributed by atoms with E-state index < -0.39 is 11.8 Å². The van der Waals surface area contributed by atoms with E-state index in [1.54, 1.807) is 36.0 Å². The largest absolute Gasteiger partial charge is 0.484 e. The number of carbonyl (C=O) groups is 2. The number of rotatable bonds is 7. The van der Waals surface area contributed by atoms with Crippen LogP contribution in [0.15, 0.2) is 65.8 Å². The van der Waals surface area contributed by atoms with Gasteiger partial charge >= 0.3 is 0 Å². The molecule has 0 spiro atoms.